The minimum Gasteiger partial charge on any atom is -0.468 e. The SMILES string of the molecule is O=S(=O)(c1ccc(Oc2ccc(-n3ccnc3)cc2)cc1)N1CCc2ccoc2C1. The van der Waals surface area contributed by atoms with E-state index in [1.807, 2.05) is 41.1 Å². The number of benzene rings is 2. The molecule has 0 fully saturated rings. The molecule has 0 atom stereocenters. The number of sulfonamides is 1. The van der Waals surface area contributed by atoms with Crippen molar-refractivity contribution in [3.63, 3.8) is 0 Å². The second-order valence-electron chi connectivity index (χ2n) is 6.99. The van der Waals surface area contributed by atoms with Crippen LogP contribution in [0.4, 0.5) is 0 Å². The summed E-state index contributed by atoms with van der Waals surface area (Å²) in [4.78, 5) is 4.27. The van der Waals surface area contributed by atoms with Gasteiger partial charge in [0.1, 0.15) is 17.3 Å². The Balaban J connectivity index is 1.29. The molecule has 2 aromatic carbocycles. The monoisotopic (exact) mass is 421 g/mol. The van der Waals surface area contributed by atoms with E-state index in [0.717, 1.165) is 11.3 Å². The highest BCUT2D eigenvalue weighted by Crippen LogP contribution is 2.28. The van der Waals surface area contributed by atoms with Gasteiger partial charge in [-0.15, -0.1) is 0 Å². The number of hydrogen-bond donors (Lipinski definition) is 0. The fourth-order valence-electron chi connectivity index (χ4n) is 3.48. The van der Waals surface area contributed by atoms with Gasteiger partial charge in [0.25, 0.3) is 0 Å². The van der Waals surface area contributed by atoms with Crippen molar-refractivity contribution in [1.82, 2.24) is 13.9 Å². The minimum atomic E-state index is -3.59. The van der Waals surface area contributed by atoms with Gasteiger partial charge in [0.05, 0.1) is 24.0 Å². The molecule has 4 aromatic rings. The van der Waals surface area contributed by atoms with Crippen LogP contribution < -0.4 is 4.74 Å². The number of hydrogen-bond acceptors (Lipinski definition) is 5. The van der Waals surface area contributed by atoms with Gasteiger partial charge in [-0.05, 0) is 66.6 Å². The number of fused-ring (bicyclic) bond motifs is 1. The van der Waals surface area contributed by atoms with E-state index in [9.17, 15) is 8.42 Å². The lowest BCUT2D eigenvalue weighted by molar-refractivity contribution is 0.343. The predicted molar refractivity (Wildman–Crippen MR) is 110 cm³/mol. The topological polar surface area (TPSA) is 77.6 Å². The maximum Gasteiger partial charge on any atom is 0.243 e. The van der Waals surface area contributed by atoms with Crippen LogP contribution in [-0.4, -0.2) is 28.8 Å². The summed E-state index contributed by atoms with van der Waals surface area (Å²) < 4.78 is 40.6. The summed E-state index contributed by atoms with van der Waals surface area (Å²) in [6, 6.07) is 15.9. The summed E-state index contributed by atoms with van der Waals surface area (Å²) in [5, 5.41) is 0. The normalized spacial score (nSPS) is 14.4. The average Bonchev–Trinajstić information content (AvgIpc) is 3.46. The van der Waals surface area contributed by atoms with Gasteiger partial charge in [-0.2, -0.15) is 4.31 Å². The lowest BCUT2D eigenvalue weighted by atomic mass is 10.1. The molecule has 152 valence electrons. The standard InChI is InChI=1S/C22H19N3O4S/c26-30(27,25-12-9-17-10-14-28-22(17)15-25)21-7-5-20(6-8-21)29-19-3-1-18(2-4-19)24-13-11-23-16-24/h1-8,10-11,13-14,16H,9,12,15H2. The zero-order valence-electron chi connectivity index (χ0n) is 16.0. The Bertz CT molecular complexity index is 1240. The summed E-state index contributed by atoms with van der Waals surface area (Å²) in [5.74, 6) is 1.94. The van der Waals surface area contributed by atoms with Crippen molar-refractivity contribution >= 4 is 10.0 Å². The van der Waals surface area contributed by atoms with E-state index in [1.165, 1.54) is 4.31 Å². The Morgan fingerprint density at radius 2 is 1.70 bits per heavy atom. The van der Waals surface area contributed by atoms with Crippen LogP contribution in [-0.2, 0) is 23.0 Å². The first-order chi connectivity index (χ1) is 14.6. The van der Waals surface area contributed by atoms with Crippen LogP contribution in [0.15, 0.2) is 88.9 Å². The highest BCUT2D eigenvalue weighted by molar-refractivity contribution is 7.89. The van der Waals surface area contributed by atoms with Gasteiger partial charge in [0.15, 0.2) is 0 Å². The third kappa shape index (κ3) is 3.51. The van der Waals surface area contributed by atoms with Gasteiger partial charge < -0.3 is 13.7 Å². The fraction of sp³-hybridized carbons (Fsp3) is 0.136. The Labute approximate surface area is 174 Å². The molecule has 30 heavy (non-hydrogen) atoms. The number of aromatic nitrogens is 2. The Hall–Kier alpha value is -3.36. The van der Waals surface area contributed by atoms with Crippen LogP contribution in [0, 0.1) is 0 Å². The van der Waals surface area contributed by atoms with E-state index < -0.39 is 10.0 Å². The van der Waals surface area contributed by atoms with Gasteiger partial charge in [0, 0.05) is 24.6 Å². The summed E-state index contributed by atoms with van der Waals surface area (Å²) >= 11 is 0. The van der Waals surface area contributed by atoms with Crippen LogP contribution in [0.1, 0.15) is 11.3 Å². The van der Waals surface area contributed by atoms with Crippen molar-refractivity contribution in [2.45, 2.75) is 17.9 Å². The highest BCUT2D eigenvalue weighted by Gasteiger charge is 2.29. The molecule has 0 radical (unpaired) electrons. The quantitative estimate of drug-likeness (QED) is 0.487. The molecule has 0 aliphatic carbocycles. The number of ether oxygens (including phenoxy) is 1. The maximum atomic E-state index is 13.0. The third-order valence-electron chi connectivity index (χ3n) is 5.12. The van der Waals surface area contributed by atoms with E-state index in [0.29, 0.717) is 30.2 Å². The van der Waals surface area contributed by atoms with Crippen LogP contribution in [0.5, 0.6) is 11.5 Å². The molecule has 3 heterocycles. The minimum absolute atomic E-state index is 0.236. The molecule has 1 aliphatic heterocycles. The Morgan fingerprint density at radius 3 is 2.40 bits per heavy atom. The molecule has 1 aliphatic rings. The Kier molecular flexibility index (Phi) is 4.65. The molecule has 2 aromatic heterocycles. The van der Waals surface area contributed by atoms with Crippen molar-refractivity contribution in [3.05, 3.63) is 90.9 Å². The van der Waals surface area contributed by atoms with Crippen LogP contribution >= 0.6 is 0 Å². The average molecular weight is 421 g/mol. The molecule has 7 nitrogen and oxygen atoms in total. The molecule has 0 unspecified atom stereocenters. The van der Waals surface area contributed by atoms with Gasteiger partial charge in [0.2, 0.25) is 10.0 Å². The number of imidazole rings is 1. The van der Waals surface area contributed by atoms with Crippen LogP contribution in [0.25, 0.3) is 5.69 Å². The second kappa shape index (κ2) is 7.47. The van der Waals surface area contributed by atoms with Crippen LogP contribution in [0.2, 0.25) is 0 Å². The van der Waals surface area contributed by atoms with E-state index in [2.05, 4.69) is 4.98 Å². The first-order valence-corrected chi connectivity index (χ1v) is 11.0. The smallest absolute Gasteiger partial charge is 0.243 e. The molecular formula is C22H19N3O4S. The van der Waals surface area contributed by atoms with Crippen LogP contribution in [0.3, 0.4) is 0 Å². The van der Waals surface area contributed by atoms with E-state index >= 15 is 0 Å². The van der Waals surface area contributed by atoms with E-state index in [-0.39, 0.29) is 11.4 Å². The largest absolute Gasteiger partial charge is 0.468 e. The second-order valence-corrected chi connectivity index (χ2v) is 8.93. The van der Waals surface area contributed by atoms with E-state index in [1.54, 1.807) is 43.1 Å². The molecule has 5 rings (SSSR count). The summed E-state index contributed by atoms with van der Waals surface area (Å²) in [6.07, 6.45) is 7.57. The number of furan rings is 1. The molecule has 0 spiro atoms. The summed E-state index contributed by atoms with van der Waals surface area (Å²) in [7, 11) is -3.59. The molecule has 0 saturated heterocycles. The molecule has 0 amide bonds. The molecule has 0 bridgehead atoms. The maximum absolute atomic E-state index is 13.0. The number of rotatable bonds is 5. The molecule has 0 saturated carbocycles. The lowest BCUT2D eigenvalue weighted by Gasteiger charge is -2.25. The van der Waals surface area contributed by atoms with Gasteiger partial charge in [-0.3, -0.25) is 0 Å². The fourth-order valence-corrected chi connectivity index (χ4v) is 4.88. The highest BCUT2D eigenvalue weighted by atomic mass is 32.2. The third-order valence-corrected chi connectivity index (χ3v) is 6.98. The molecule has 0 N–H and O–H groups in total. The first-order valence-electron chi connectivity index (χ1n) is 9.51. The number of nitrogens with zero attached hydrogens (tertiary/aromatic N) is 3. The van der Waals surface area contributed by atoms with Gasteiger partial charge in [-0.25, -0.2) is 13.4 Å². The van der Waals surface area contributed by atoms with Crippen molar-refractivity contribution in [3.8, 4) is 17.2 Å². The summed E-state index contributed by atoms with van der Waals surface area (Å²) in [6.45, 7) is 0.697. The van der Waals surface area contributed by atoms with Crippen molar-refractivity contribution in [2.24, 2.45) is 0 Å². The van der Waals surface area contributed by atoms with Gasteiger partial charge in [-0.1, -0.05) is 0 Å². The molecule has 8 heteroatoms. The lowest BCUT2D eigenvalue weighted by Crippen LogP contribution is -2.35. The van der Waals surface area contributed by atoms with Crippen molar-refractivity contribution in [2.75, 3.05) is 6.54 Å². The van der Waals surface area contributed by atoms with Crippen molar-refractivity contribution < 1.29 is 17.6 Å². The molecular weight excluding hydrogens is 402 g/mol. The Morgan fingerprint density at radius 1 is 0.967 bits per heavy atom. The predicted octanol–water partition coefficient (Wildman–Crippen LogP) is 4.00. The first kappa shape index (κ1) is 18.7. The van der Waals surface area contributed by atoms with Gasteiger partial charge >= 0.3 is 0 Å². The zero-order chi connectivity index (χ0) is 20.6. The zero-order valence-corrected chi connectivity index (χ0v) is 16.8. The van der Waals surface area contributed by atoms with E-state index in [4.69, 9.17) is 9.15 Å². The summed E-state index contributed by atoms with van der Waals surface area (Å²) in [5.41, 5.74) is 2.05. The van der Waals surface area contributed by atoms with Crippen molar-refractivity contribution in [1.29, 1.82) is 0 Å².